The minimum absolute atomic E-state index is 0.0729. The van der Waals surface area contributed by atoms with Crippen molar-refractivity contribution < 1.29 is 37.6 Å². The molecule has 0 saturated carbocycles. The molecule has 39 heavy (non-hydrogen) atoms. The van der Waals surface area contributed by atoms with Crippen LogP contribution in [-0.4, -0.2) is 74.7 Å². The van der Waals surface area contributed by atoms with Crippen LogP contribution in [0.5, 0.6) is 11.5 Å². The number of aliphatic hydroxyl groups excluding tert-OH is 1. The molecule has 2 rings (SSSR count). The molecule has 9 heteroatoms. The van der Waals surface area contributed by atoms with Crippen molar-refractivity contribution in [3.8, 4) is 11.5 Å². The molecule has 0 radical (unpaired) electrons. The summed E-state index contributed by atoms with van der Waals surface area (Å²) in [5.41, 5.74) is 0. The van der Waals surface area contributed by atoms with Gasteiger partial charge in [0.05, 0.1) is 34.4 Å². The molecule has 0 saturated heterocycles. The van der Waals surface area contributed by atoms with Gasteiger partial charge in [-0.25, -0.2) is 4.57 Å². The lowest BCUT2D eigenvalue weighted by molar-refractivity contribution is -0.870. The first-order valence-corrected chi connectivity index (χ1v) is 16.0. The van der Waals surface area contributed by atoms with Crippen LogP contribution >= 0.6 is 7.82 Å². The molecule has 2 unspecified atom stereocenters. The predicted molar refractivity (Wildman–Crippen MR) is 157 cm³/mol. The molecule has 0 fully saturated rings. The van der Waals surface area contributed by atoms with Crippen LogP contribution in [-0.2, 0) is 13.6 Å². The normalized spacial score (nSPS) is 14.3. The van der Waals surface area contributed by atoms with Crippen molar-refractivity contribution in [2.45, 2.75) is 77.2 Å². The number of phosphoric ester groups is 1. The first-order valence-electron chi connectivity index (χ1n) is 14.5. The van der Waals surface area contributed by atoms with Crippen LogP contribution in [0.2, 0.25) is 0 Å². The van der Waals surface area contributed by atoms with Crippen molar-refractivity contribution in [1.82, 2.24) is 0 Å². The summed E-state index contributed by atoms with van der Waals surface area (Å²) >= 11 is 0. The van der Waals surface area contributed by atoms with E-state index in [1.807, 2.05) is 57.5 Å². The minimum Gasteiger partial charge on any atom is -0.493 e. The molecule has 2 atom stereocenters. The Hall–Kier alpha value is -1.67. The SMILES string of the molecule is CCCCCCCCCCCCOc1cccc2c(OCC(O)COP(=O)(O)OCC[N+](C)(C)C)cccc12. The quantitative estimate of drug-likeness (QED) is 0.0925. The zero-order valence-corrected chi connectivity index (χ0v) is 25.4. The number of hydrogen-bond acceptors (Lipinski definition) is 6. The van der Waals surface area contributed by atoms with Gasteiger partial charge < -0.3 is 24.0 Å². The maximum atomic E-state index is 12.0. The topological polar surface area (TPSA) is 94.5 Å². The summed E-state index contributed by atoms with van der Waals surface area (Å²) in [4.78, 5) is 9.83. The summed E-state index contributed by atoms with van der Waals surface area (Å²) < 4.78 is 34.5. The Morgan fingerprint density at radius 3 is 1.85 bits per heavy atom. The van der Waals surface area contributed by atoms with Gasteiger partial charge in [-0.15, -0.1) is 0 Å². The van der Waals surface area contributed by atoms with Crippen LogP contribution in [0.4, 0.5) is 0 Å². The van der Waals surface area contributed by atoms with E-state index in [1.165, 1.54) is 57.8 Å². The Bertz CT molecular complexity index is 995. The Kier molecular flexibility index (Phi) is 15.4. The van der Waals surface area contributed by atoms with Crippen molar-refractivity contribution in [3.05, 3.63) is 36.4 Å². The predicted octanol–water partition coefficient (Wildman–Crippen LogP) is 6.72. The molecule has 2 N–H and O–H groups in total. The molecule has 0 heterocycles. The summed E-state index contributed by atoms with van der Waals surface area (Å²) in [6.45, 7) is 3.07. The van der Waals surface area contributed by atoms with Gasteiger partial charge in [0, 0.05) is 10.8 Å². The fourth-order valence-electron chi connectivity index (χ4n) is 4.16. The fourth-order valence-corrected chi connectivity index (χ4v) is 4.90. The molecule has 2 aromatic carbocycles. The maximum absolute atomic E-state index is 12.0. The largest absolute Gasteiger partial charge is 0.493 e. The fraction of sp³-hybridized carbons (Fsp3) is 0.667. The van der Waals surface area contributed by atoms with Gasteiger partial charge in [-0.2, -0.15) is 0 Å². The zero-order valence-electron chi connectivity index (χ0n) is 24.5. The number of hydrogen-bond donors (Lipinski definition) is 2. The van der Waals surface area contributed by atoms with Crippen LogP contribution < -0.4 is 9.47 Å². The highest BCUT2D eigenvalue weighted by Gasteiger charge is 2.24. The first kappa shape index (κ1) is 33.5. The molecule has 0 aromatic heterocycles. The molecule has 0 bridgehead atoms. The Balaban J connectivity index is 1.74. The highest BCUT2D eigenvalue weighted by atomic mass is 31.2. The monoisotopic (exact) mass is 568 g/mol. The average Bonchev–Trinajstić information content (AvgIpc) is 2.88. The van der Waals surface area contributed by atoms with Gasteiger partial charge in [0.25, 0.3) is 0 Å². The van der Waals surface area contributed by atoms with Gasteiger partial charge in [-0.05, 0) is 18.6 Å². The summed E-state index contributed by atoms with van der Waals surface area (Å²) in [5.74, 6) is 1.41. The Morgan fingerprint density at radius 2 is 1.28 bits per heavy atom. The van der Waals surface area contributed by atoms with E-state index >= 15 is 0 Å². The van der Waals surface area contributed by atoms with Gasteiger partial charge >= 0.3 is 7.82 Å². The molecule has 2 aromatic rings. The van der Waals surface area contributed by atoms with Gasteiger partial charge in [0.15, 0.2) is 0 Å². The van der Waals surface area contributed by atoms with Gasteiger partial charge in [0.2, 0.25) is 0 Å². The summed E-state index contributed by atoms with van der Waals surface area (Å²) in [7, 11) is 1.62. The molecule has 222 valence electrons. The highest BCUT2D eigenvalue weighted by molar-refractivity contribution is 7.47. The van der Waals surface area contributed by atoms with Crippen LogP contribution in [0.1, 0.15) is 71.1 Å². The Labute approximate surface area is 235 Å². The van der Waals surface area contributed by atoms with E-state index in [2.05, 4.69) is 6.92 Å². The van der Waals surface area contributed by atoms with Crippen LogP contribution in [0.15, 0.2) is 36.4 Å². The second kappa shape index (κ2) is 17.9. The molecule has 0 aliphatic rings. The van der Waals surface area contributed by atoms with Crippen LogP contribution in [0.3, 0.4) is 0 Å². The number of aliphatic hydroxyl groups is 1. The maximum Gasteiger partial charge on any atom is 0.472 e. The molecule has 0 aliphatic heterocycles. The number of nitrogens with zero attached hydrogens (tertiary/aromatic N) is 1. The summed E-state index contributed by atoms with van der Waals surface area (Å²) in [6, 6.07) is 11.5. The molecular formula is C30H51NO7P+. The third kappa shape index (κ3) is 14.5. The summed E-state index contributed by atoms with van der Waals surface area (Å²) in [6.07, 6.45) is 11.8. The number of benzene rings is 2. The van der Waals surface area contributed by atoms with Crippen LogP contribution in [0.25, 0.3) is 10.8 Å². The van der Waals surface area contributed by atoms with Crippen LogP contribution in [0, 0.1) is 0 Å². The highest BCUT2D eigenvalue weighted by Crippen LogP contribution is 2.43. The van der Waals surface area contributed by atoms with E-state index in [0.29, 0.717) is 23.4 Å². The van der Waals surface area contributed by atoms with Crippen molar-refractivity contribution in [2.75, 3.05) is 54.1 Å². The minimum atomic E-state index is -4.24. The first-order chi connectivity index (χ1) is 18.6. The third-order valence-electron chi connectivity index (χ3n) is 6.48. The second-order valence-electron chi connectivity index (χ2n) is 11.2. The number of likely N-dealkylation sites (N-methyl/N-ethyl adjacent to an activating group) is 1. The van der Waals surface area contributed by atoms with E-state index in [4.69, 9.17) is 18.5 Å². The number of phosphoric acid groups is 1. The third-order valence-corrected chi connectivity index (χ3v) is 7.46. The lowest BCUT2D eigenvalue weighted by atomic mass is 10.1. The van der Waals surface area contributed by atoms with E-state index < -0.39 is 13.9 Å². The Morgan fingerprint density at radius 1 is 0.744 bits per heavy atom. The molecule has 8 nitrogen and oxygen atoms in total. The molecule has 0 amide bonds. The molecule has 0 spiro atoms. The van der Waals surface area contributed by atoms with Crippen molar-refractivity contribution in [1.29, 1.82) is 0 Å². The summed E-state index contributed by atoms with van der Waals surface area (Å²) in [5, 5.41) is 12.1. The average molecular weight is 569 g/mol. The number of quaternary nitrogens is 1. The van der Waals surface area contributed by atoms with Gasteiger partial charge in [-0.3, -0.25) is 9.05 Å². The number of rotatable bonds is 22. The standard InChI is InChI=1S/C30H50NO7P/c1-5-6-7-8-9-10-11-12-13-14-22-35-29-19-15-18-28-27(29)17-16-20-30(28)36-24-26(32)25-38-39(33,34)37-23-21-31(2,3)4/h15-20,26,32H,5-14,21-25H2,1-4H3/p+1. The number of ether oxygens (including phenoxy) is 2. The number of fused-ring (bicyclic) bond motifs is 1. The van der Waals surface area contributed by atoms with E-state index in [-0.39, 0.29) is 19.8 Å². The smallest absolute Gasteiger partial charge is 0.472 e. The number of unbranched alkanes of at least 4 members (excludes halogenated alkanes) is 9. The van der Waals surface area contributed by atoms with Crippen molar-refractivity contribution in [3.63, 3.8) is 0 Å². The molecule has 0 aliphatic carbocycles. The van der Waals surface area contributed by atoms with Crippen molar-refractivity contribution in [2.24, 2.45) is 0 Å². The lowest BCUT2D eigenvalue weighted by Crippen LogP contribution is -2.37. The van der Waals surface area contributed by atoms with E-state index in [0.717, 1.165) is 22.9 Å². The van der Waals surface area contributed by atoms with E-state index in [1.54, 1.807) is 0 Å². The lowest BCUT2D eigenvalue weighted by Gasteiger charge is -2.24. The van der Waals surface area contributed by atoms with Gasteiger partial charge in [0.1, 0.15) is 37.4 Å². The second-order valence-corrected chi connectivity index (χ2v) is 12.7. The molecular weight excluding hydrogens is 517 g/mol. The van der Waals surface area contributed by atoms with Crippen molar-refractivity contribution >= 4 is 18.6 Å². The van der Waals surface area contributed by atoms with Gasteiger partial charge in [-0.1, -0.05) is 89.0 Å². The zero-order chi connectivity index (χ0) is 28.6. The van der Waals surface area contributed by atoms with E-state index in [9.17, 15) is 14.6 Å².